The standard InChI is InChI=1S/C19H23NO3/c1-19(2,3)12-6-7-14-13(11-12)17-18(23-10-9-22-17)16(20-14)15-5-4-8-21-15/h4-8,11,16-18,20H,9-10H2,1-3H3. The maximum Gasteiger partial charge on any atom is 0.128 e. The van der Waals surface area contributed by atoms with E-state index in [1.807, 2.05) is 12.1 Å². The number of hydrogen-bond acceptors (Lipinski definition) is 4. The molecule has 23 heavy (non-hydrogen) atoms. The molecule has 0 radical (unpaired) electrons. The van der Waals surface area contributed by atoms with Crippen molar-refractivity contribution in [2.45, 2.75) is 44.4 Å². The molecular formula is C19H23NO3. The highest BCUT2D eigenvalue weighted by Gasteiger charge is 2.42. The predicted octanol–water partition coefficient (Wildman–Crippen LogP) is 4.20. The molecule has 1 aromatic carbocycles. The van der Waals surface area contributed by atoms with Crippen LogP contribution >= 0.6 is 0 Å². The number of nitrogens with one attached hydrogen (secondary N) is 1. The molecule has 3 heterocycles. The van der Waals surface area contributed by atoms with E-state index in [0.29, 0.717) is 13.2 Å². The molecule has 3 atom stereocenters. The Morgan fingerprint density at radius 2 is 1.91 bits per heavy atom. The minimum Gasteiger partial charge on any atom is -0.467 e. The smallest absolute Gasteiger partial charge is 0.128 e. The fourth-order valence-electron chi connectivity index (χ4n) is 3.43. The van der Waals surface area contributed by atoms with E-state index in [4.69, 9.17) is 13.9 Å². The number of furan rings is 1. The fourth-order valence-corrected chi connectivity index (χ4v) is 3.43. The molecule has 0 bridgehead atoms. The van der Waals surface area contributed by atoms with Crippen LogP contribution in [0.2, 0.25) is 0 Å². The molecule has 3 unspecified atom stereocenters. The summed E-state index contributed by atoms with van der Waals surface area (Å²) in [7, 11) is 0. The van der Waals surface area contributed by atoms with Gasteiger partial charge in [0, 0.05) is 11.3 Å². The summed E-state index contributed by atoms with van der Waals surface area (Å²) in [6.45, 7) is 7.94. The highest BCUT2D eigenvalue weighted by Crippen LogP contribution is 2.45. The Hall–Kier alpha value is -1.78. The van der Waals surface area contributed by atoms with Gasteiger partial charge in [-0.3, -0.25) is 0 Å². The van der Waals surface area contributed by atoms with Gasteiger partial charge in [0.1, 0.15) is 24.0 Å². The summed E-state index contributed by atoms with van der Waals surface area (Å²) in [5.41, 5.74) is 3.70. The molecular weight excluding hydrogens is 290 g/mol. The van der Waals surface area contributed by atoms with E-state index in [1.165, 1.54) is 11.1 Å². The summed E-state index contributed by atoms with van der Waals surface area (Å²) in [5, 5.41) is 3.58. The molecule has 0 spiro atoms. The van der Waals surface area contributed by atoms with Gasteiger partial charge in [0.2, 0.25) is 0 Å². The molecule has 4 nitrogen and oxygen atoms in total. The van der Waals surface area contributed by atoms with Crippen molar-refractivity contribution in [3.63, 3.8) is 0 Å². The number of anilines is 1. The van der Waals surface area contributed by atoms with Crippen molar-refractivity contribution in [2.24, 2.45) is 0 Å². The number of benzene rings is 1. The van der Waals surface area contributed by atoms with E-state index in [1.54, 1.807) is 6.26 Å². The Bertz CT molecular complexity index is 687. The lowest BCUT2D eigenvalue weighted by Crippen LogP contribution is -2.43. The normalized spacial score (nSPS) is 27.0. The third-order valence-electron chi connectivity index (χ3n) is 4.70. The first-order chi connectivity index (χ1) is 11.0. The van der Waals surface area contributed by atoms with Gasteiger partial charge < -0.3 is 19.2 Å². The van der Waals surface area contributed by atoms with Gasteiger partial charge in [-0.2, -0.15) is 0 Å². The van der Waals surface area contributed by atoms with Crippen LogP contribution in [0.15, 0.2) is 41.0 Å². The molecule has 2 aromatic rings. The van der Waals surface area contributed by atoms with Gasteiger partial charge in [-0.1, -0.05) is 32.9 Å². The van der Waals surface area contributed by atoms with Crippen LogP contribution in [0.5, 0.6) is 0 Å². The maximum atomic E-state index is 6.10. The van der Waals surface area contributed by atoms with E-state index in [2.05, 4.69) is 44.3 Å². The molecule has 0 saturated carbocycles. The van der Waals surface area contributed by atoms with Crippen LogP contribution in [-0.2, 0) is 14.9 Å². The molecule has 1 saturated heterocycles. The maximum absolute atomic E-state index is 6.10. The number of hydrogen-bond donors (Lipinski definition) is 1. The van der Waals surface area contributed by atoms with Crippen molar-refractivity contribution in [1.29, 1.82) is 0 Å². The van der Waals surface area contributed by atoms with Crippen molar-refractivity contribution in [2.75, 3.05) is 18.5 Å². The van der Waals surface area contributed by atoms with E-state index in [9.17, 15) is 0 Å². The van der Waals surface area contributed by atoms with Crippen LogP contribution in [0, 0.1) is 0 Å². The first kappa shape index (κ1) is 14.8. The molecule has 1 fully saturated rings. The molecule has 122 valence electrons. The molecule has 2 aliphatic rings. The Labute approximate surface area is 136 Å². The van der Waals surface area contributed by atoms with Crippen LogP contribution in [0.1, 0.15) is 49.8 Å². The summed E-state index contributed by atoms with van der Waals surface area (Å²) in [5.74, 6) is 0.885. The van der Waals surface area contributed by atoms with Crippen molar-refractivity contribution in [1.82, 2.24) is 0 Å². The van der Waals surface area contributed by atoms with Crippen LogP contribution in [0.3, 0.4) is 0 Å². The zero-order chi connectivity index (χ0) is 16.0. The van der Waals surface area contributed by atoms with Crippen LogP contribution < -0.4 is 5.32 Å². The Morgan fingerprint density at radius 3 is 2.65 bits per heavy atom. The Kier molecular flexibility index (Phi) is 3.47. The lowest BCUT2D eigenvalue weighted by atomic mass is 9.82. The molecule has 4 rings (SSSR count). The monoisotopic (exact) mass is 313 g/mol. The van der Waals surface area contributed by atoms with Gasteiger partial charge in [-0.25, -0.2) is 0 Å². The third-order valence-corrected chi connectivity index (χ3v) is 4.70. The van der Waals surface area contributed by atoms with Crippen molar-refractivity contribution < 1.29 is 13.9 Å². The summed E-state index contributed by atoms with van der Waals surface area (Å²) in [6.07, 6.45) is 1.57. The number of rotatable bonds is 1. The fraction of sp³-hybridized carbons (Fsp3) is 0.474. The zero-order valence-corrected chi connectivity index (χ0v) is 13.8. The van der Waals surface area contributed by atoms with Crippen molar-refractivity contribution in [3.8, 4) is 0 Å². The molecule has 4 heteroatoms. The highest BCUT2D eigenvalue weighted by molar-refractivity contribution is 5.59. The van der Waals surface area contributed by atoms with Gasteiger partial charge >= 0.3 is 0 Å². The largest absolute Gasteiger partial charge is 0.467 e. The average molecular weight is 313 g/mol. The number of ether oxygens (including phenoxy) is 2. The first-order valence-corrected chi connectivity index (χ1v) is 8.21. The van der Waals surface area contributed by atoms with E-state index < -0.39 is 0 Å². The lowest BCUT2D eigenvalue weighted by Gasteiger charge is -2.42. The highest BCUT2D eigenvalue weighted by atomic mass is 16.6. The minimum atomic E-state index is -0.0716. The minimum absolute atomic E-state index is 0.0247. The zero-order valence-electron chi connectivity index (χ0n) is 13.8. The van der Waals surface area contributed by atoms with E-state index >= 15 is 0 Å². The molecule has 1 N–H and O–H groups in total. The molecule has 2 aliphatic heterocycles. The van der Waals surface area contributed by atoms with Crippen LogP contribution in [0.4, 0.5) is 5.69 Å². The second-order valence-corrected chi connectivity index (χ2v) is 7.32. The van der Waals surface area contributed by atoms with E-state index in [0.717, 1.165) is 11.4 Å². The quantitative estimate of drug-likeness (QED) is 0.857. The van der Waals surface area contributed by atoms with Gasteiger partial charge in [0.25, 0.3) is 0 Å². The van der Waals surface area contributed by atoms with Gasteiger partial charge in [0.05, 0.1) is 19.5 Å². The van der Waals surface area contributed by atoms with Gasteiger partial charge in [-0.05, 0) is 29.2 Å². The first-order valence-electron chi connectivity index (χ1n) is 8.21. The van der Waals surface area contributed by atoms with Gasteiger partial charge in [0.15, 0.2) is 0 Å². The Morgan fingerprint density at radius 1 is 1.09 bits per heavy atom. The molecule has 0 amide bonds. The molecule has 0 aliphatic carbocycles. The summed E-state index contributed by atoms with van der Waals surface area (Å²) in [6, 6.07) is 10.5. The van der Waals surface area contributed by atoms with Gasteiger partial charge in [-0.15, -0.1) is 0 Å². The third kappa shape index (κ3) is 2.56. The number of fused-ring (bicyclic) bond motifs is 3. The second kappa shape index (κ2) is 5.39. The molecule has 1 aromatic heterocycles. The lowest BCUT2D eigenvalue weighted by molar-refractivity contribution is -0.152. The summed E-state index contributed by atoms with van der Waals surface area (Å²) >= 11 is 0. The van der Waals surface area contributed by atoms with Crippen LogP contribution in [0.25, 0.3) is 0 Å². The predicted molar refractivity (Wildman–Crippen MR) is 88.6 cm³/mol. The SMILES string of the molecule is CC(C)(C)c1ccc2c(c1)C1OCCOC1C(c1ccco1)N2. The van der Waals surface area contributed by atoms with E-state index in [-0.39, 0.29) is 23.7 Å². The Balaban J connectivity index is 1.78. The second-order valence-electron chi connectivity index (χ2n) is 7.32. The average Bonchev–Trinajstić information content (AvgIpc) is 3.07. The van der Waals surface area contributed by atoms with Crippen molar-refractivity contribution in [3.05, 3.63) is 53.5 Å². The summed E-state index contributed by atoms with van der Waals surface area (Å²) in [4.78, 5) is 0. The van der Waals surface area contributed by atoms with Crippen LogP contribution in [-0.4, -0.2) is 19.3 Å². The topological polar surface area (TPSA) is 43.6 Å². The summed E-state index contributed by atoms with van der Waals surface area (Å²) < 4.78 is 17.8. The van der Waals surface area contributed by atoms with Crippen molar-refractivity contribution >= 4 is 5.69 Å².